The maximum absolute atomic E-state index is 3.53. The van der Waals surface area contributed by atoms with Crippen molar-refractivity contribution in [2.75, 3.05) is 13.1 Å². The molecule has 0 aliphatic carbocycles. The summed E-state index contributed by atoms with van der Waals surface area (Å²) in [6, 6.07) is 0. The van der Waals surface area contributed by atoms with Gasteiger partial charge >= 0.3 is 0 Å². The molecule has 82 valence electrons. The second kappa shape index (κ2) is 3.48. The van der Waals surface area contributed by atoms with Crippen LogP contribution in [0.2, 0.25) is 0 Å². The van der Waals surface area contributed by atoms with E-state index in [9.17, 15) is 0 Å². The van der Waals surface area contributed by atoms with Crippen LogP contribution in [0.1, 0.15) is 41.5 Å². The van der Waals surface area contributed by atoms with Gasteiger partial charge in [0.1, 0.15) is 0 Å². The summed E-state index contributed by atoms with van der Waals surface area (Å²) in [5.41, 5.74) is 3.15. The lowest BCUT2D eigenvalue weighted by atomic mass is 9.81. The lowest BCUT2D eigenvalue weighted by Crippen LogP contribution is -2.43. The van der Waals surface area contributed by atoms with Gasteiger partial charge in [0.2, 0.25) is 0 Å². The van der Waals surface area contributed by atoms with Gasteiger partial charge in [-0.3, -0.25) is 0 Å². The topological polar surface area (TPSA) is 24.1 Å². The lowest BCUT2D eigenvalue weighted by Gasteiger charge is -2.37. The Morgan fingerprint density at radius 3 is 1.21 bits per heavy atom. The Labute approximate surface area is 88.2 Å². The van der Waals surface area contributed by atoms with Gasteiger partial charge in [-0.05, 0) is 0 Å². The normalized spacial score (nSPS) is 19.0. The van der Waals surface area contributed by atoms with Crippen LogP contribution >= 0.6 is 0 Å². The Morgan fingerprint density at radius 1 is 0.714 bits per heavy atom. The van der Waals surface area contributed by atoms with Gasteiger partial charge in [-0.25, -0.2) is 0 Å². The van der Waals surface area contributed by atoms with E-state index in [4.69, 9.17) is 0 Å². The second-order valence-electron chi connectivity index (χ2n) is 6.10. The van der Waals surface area contributed by atoms with E-state index in [1.807, 2.05) is 0 Å². The maximum atomic E-state index is 3.53. The quantitative estimate of drug-likeness (QED) is 0.622. The van der Waals surface area contributed by atoms with Crippen LogP contribution in [0.25, 0.3) is 0 Å². The van der Waals surface area contributed by atoms with Crippen molar-refractivity contribution in [2.24, 2.45) is 10.8 Å². The molecule has 0 saturated heterocycles. The van der Waals surface area contributed by atoms with Gasteiger partial charge in [-0.1, -0.05) is 41.5 Å². The minimum atomic E-state index is 0.204. The molecule has 0 spiro atoms. The summed E-state index contributed by atoms with van der Waals surface area (Å²) in [7, 11) is 0. The number of rotatable bonds is 0. The van der Waals surface area contributed by atoms with Crippen LogP contribution in [-0.2, 0) is 0 Å². The third kappa shape index (κ3) is 2.43. The zero-order chi connectivity index (χ0) is 11.0. The van der Waals surface area contributed by atoms with Crippen molar-refractivity contribution in [3.63, 3.8) is 0 Å². The Morgan fingerprint density at radius 2 is 1.00 bits per heavy atom. The Hall–Kier alpha value is -0.660. The highest BCUT2D eigenvalue weighted by Gasteiger charge is 2.29. The molecule has 2 nitrogen and oxygen atoms in total. The van der Waals surface area contributed by atoms with Crippen molar-refractivity contribution in [1.82, 2.24) is 10.6 Å². The summed E-state index contributed by atoms with van der Waals surface area (Å²) in [6.45, 7) is 15.6. The van der Waals surface area contributed by atoms with E-state index in [-0.39, 0.29) is 10.8 Å². The number of allylic oxidation sites excluding steroid dienone is 2. The molecule has 0 aromatic heterocycles. The average Bonchev–Trinajstić information content (AvgIpc) is 2.01. The van der Waals surface area contributed by atoms with E-state index in [0.717, 1.165) is 13.1 Å². The van der Waals surface area contributed by atoms with Crippen molar-refractivity contribution < 1.29 is 0 Å². The number of nitrogens with one attached hydrogen (secondary N) is 2. The molecule has 0 fully saturated rings. The zero-order valence-corrected chi connectivity index (χ0v) is 10.4. The first-order valence-corrected chi connectivity index (χ1v) is 5.46. The molecule has 1 heterocycles. The highest BCUT2D eigenvalue weighted by molar-refractivity contribution is 5.24. The molecule has 0 unspecified atom stereocenters. The summed E-state index contributed by atoms with van der Waals surface area (Å²) in [6.07, 6.45) is 0. The summed E-state index contributed by atoms with van der Waals surface area (Å²) in [5, 5.41) is 7.07. The van der Waals surface area contributed by atoms with Gasteiger partial charge in [0.15, 0.2) is 0 Å². The molecule has 1 aliphatic rings. The predicted molar refractivity (Wildman–Crippen MR) is 61.9 cm³/mol. The molecule has 14 heavy (non-hydrogen) atoms. The first-order valence-electron chi connectivity index (χ1n) is 5.46. The fourth-order valence-electron chi connectivity index (χ4n) is 1.83. The number of hydrogen-bond acceptors (Lipinski definition) is 2. The van der Waals surface area contributed by atoms with Crippen LogP contribution in [0, 0.1) is 10.8 Å². The fourth-order valence-corrected chi connectivity index (χ4v) is 1.83. The van der Waals surface area contributed by atoms with Gasteiger partial charge < -0.3 is 10.6 Å². The minimum Gasteiger partial charge on any atom is -0.385 e. The van der Waals surface area contributed by atoms with Gasteiger partial charge in [0, 0.05) is 35.3 Å². The average molecular weight is 196 g/mol. The third-order valence-corrected chi connectivity index (χ3v) is 2.48. The molecule has 1 rings (SSSR count). The van der Waals surface area contributed by atoms with E-state index >= 15 is 0 Å². The Bertz CT molecular complexity index is 212. The monoisotopic (exact) mass is 196 g/mol. The van der Waals surface area contributed by atoms with Gasteiger partial charge in [0.25, 0.3) is 0 Å². The Kier molecular flexibility index (Phi) is 2.84. The van der Waals surface area contributed by atoms with E-state index in [1.165, 1.54) is 11.4 Å². The van der Waals surface area contributed by atoms with Crippen molar-refractivity contribution >= 4 is 0 Å². The second-order valence-corrected chi connectivity index (χ2v) is 6.10. The third-order valence-electron chi connectivity index (χ3n) is 2.48. The minimum absolute atomic E-state index is 0.204. The van der Waals surface area contributed by atoms with Crippen molar-refractivity contribution in [1.29, 1.82) is 0 Å². The molecule has 0 atom stereocenters. The van der Waals surface area contributed by atoms with Crippen molar-refractivity contribution in [2.45, 2.75) is 41.5 Å². The van der Waals surface area contributed by atoms with Crippen LogP contribution in [-0.4, -0.2) is 13.1 Å². The van der Waals surface area contributed by atoms with E-state index in [2.05, 4.69) is 52.2 Å². The standard InChI is InChI=1S/C12H24N2/c1-11(2,3)9-10(12(4,5)6)14-8-7-13-9/h13-14H,7-8H2,1-6H3. The molecule has 2 heteroatoms. The molecule has 0 amide bonds. The molecule has 1 aliphatic heterocycles. The van der Waals surface area contributed by atoms with Crippen LogP contribution < -0.4 is 10.6 Å². The molecule has 2 N–H and O–H groups in total. The lowest BCUT2D eigenvalue weighted by molar-refractivity contribution is 0.369. The molecule has 0 bridgehead atoms. The van der Waals surface area contributed by atoms with Gasteiger partial charge in [-0.2, -0.15) is 0 Å². The molecule has 0 saturated carbocycles. The van der Waals surface area contributed by atoms with Crippen LogP contribution in [0.5, 0.6) is 0 Å². The zero-order valence-electron chi connectivity index (χ0n) is 10.4. The summed E-state index contributed by atoms with van der Waals surface area (Å²) >= 11 is 0. The van der Waals surface area contributed by atoms with E-state index in [1.54, 1.807) is 0 Å². The molecule has 0 aromatic rings. The van der Waals surface area contributed by atoms with Crippen molar-refractivity contribution in [3.8, 4) is 0 Å². The van der Waals surface area contributed by atoms with E-state index in [0.29, 0.717) is 0 Å². The first kappa shape index (κ1) is 11.4. The Balaban J connectivity index is 3.10. The van der Waals surface area contributed by atoms with E-state index < -0.39 is 0 Å². The highest BCUT2D eigenvalue weighted by atomic mass is 15.0. The first-order chi connectivity index (χ1) is 6.23. The largest absolute Gasteiger partial charge is 0.385 e. The molecular formula is C12H24N2. The fraction of sp³-hybridized carbons (Fsp3) is 0.833. The summed E-state index contributed by atoms with van der Waals surface area (Å²) < 4.78 is 0. The summed E-state index contributed by atoms with van der Waals surface area (Å²) in [4.78, 5) is 0. The smallest absolute Gasteiger partial charge is 0.0360 e. The molecular weight excluding hydrogens is 172 g/mol. The molecule has 0 aromatic carbocycles. The van der Waals surface area contributed by atoms with Gasteiger partial charge in [-0.15, -0.1) is 0 Å². The van der Waals surface area contributed by atoms with Crippen molar-refractivity contribution in [3.05, 3.63) is 11.4 Å². The van der Waals surface area contributed by atoms with Crippen LogP contribution in [0.4, 0.5) is 0 Å². The summed E-state index contributed by atoms with van der Waals surface area (Å²) in [5.74, 6) is 0. The van der Waals surface area contributed by atoms with Crippen LogP contribution in [0.3, 0.4) is 0 Å². The maximum Gasteiger partial charge on any atom is 0.0360 e. The van der Waals surface area contributed by atoms with Gasteiger partial charge in [0.05, 0.1) is 0 Å². The predicted octanol–water partition coefficient (Wildman–Crippen LogP) is 2.48. The molecule has 0 radical (unpaired) electrons. The van der Waals surface area contributed by atoms with Crippen LogP contribution in [0.15, 0.2) is 11.4 Å². The number of hydrogen-bond donors (Lipinski definition) is 2. The SMILES string of the molecule is CC(C)(C)C1=C(C(C)(C)C)NCCN1. The highest BCUT2D eigenvalue weighted by Crippen LogP contribution is 2.34.